The Labute approximate surface area is 160 Å². The van der Waals surface area contributed by atoms with Gasteiger partial charge in [0, 0.05) is 5.02 Å². The van der Waals surface area contributed by atoms with Gasteiger partial charge in [-0.1, -0.05) is 23.7 Å². The third-order valence-electron chi connectivity index (χ3n) is 3.89. The van der Waals surface area contributed by atoms with E-state index in [0.717, 1.165) is 4.31 Å². The summed E-state index contributed by atoms with van der Waals surface area (Å²) >= 11 is 5.83. The van der Waals surface area contributed by atoms with Crippen LogP contribution in [0.2, 0.25) is 5.02 Å². The van der Waals surface area contributed by atoms with Crippen molar-refractivity contribution in [2.24, 2.45) is 0 Å². The van der Waals surface area contributed by atoms with Gasteiger partial charge in [0.25, 0.3) is 10.0 Å². The lowest BCUT2D eigenvalue weighted by Gasteiger charge is -2.19. The Hall–Kier alpha value is -2.69. The molecule has 0 atom stereocenters. The maximum Gasteiger partial charge on any atom is 0.305 e. The van der Waals surface area contributed by atoms with Crippen LogP contribution in [0.4, 0.5) is 11.4 Å². The third kappa shape index (κ3) is 3.72. The Morgan fingerprint density at radius 2 is 1.81 bits per heavy atom. The fourth-order valence-electron chi connectivity index (χ4n) is 2.68. The zero-order valence-electron chi connectivity index (χ0n) is 14.2. The number of sulfonamides is 1. The molecule has 0 unspecified atom stereocenters. The monoisotopic (exact) mass is 411 g/mol. The number of hydrazine groups is 1. The zero-order valence-corrected chi connectivity index (χ0v) is 15.8. The number of benzene rings is 2. The summed E-state index contributed by atoms with van der Waals surface area (Å²) in [6.45, 7) is -0.805. The topological polar surface area (TPSA) is 99.0 Å². The van der Waals surface area contributed by atoms with Gasteiger partial charge in [0.05, 0.1) is 28.3 Å². The summed E-state index contributed by atoms with van der Waals surface area (Å²) in [5.41, 5.74) is 2.72. The van der Waals surface area contributed by atoms with Crippen molar-refractivity contribution >= 4 is 38.9 Å². The Kier molecular flexibility index (Phi) is 5.31. The van der Waals surface area contributed by atoms with Crippen LogP contribution < -0.4 is 14.8 Å². The summed E-state index contributed by atoms with van der Waals surface area (Å²) < 4.78 is 27.2. The van der Waals surface area contributed by atoms with Crippen molar-refractivity contribution in [1.29, 1.82) is 0 Å². The normalized spacial score (nSPS) is 13.4. The van der Waals surface area contributed by atoms with Crippen LogP contribution in [-0.2, 0) is 19.7 Å². The molecule has 11 heteroatoms. The fourth-order valence-corrected chi connectivity index (χ4v) is 4.22. The van der Waals surface area contributed by atoms with Crippen LogP contribution in [0.3, 0.4) is 0 Å². The number of hydrogen-bond acceptors (Lipinski definition) is 5. The largest absolute Gasteiger partial charge is 0.305 e. The van der Waals surface area contributed by atoms with E-state index in [1.807, 2.05) is 5.59 Å². The Balaban J connectivity index is 1.94. The molecule has 2 aromatic carbocycles. The molecule has 3 rings (SSSR count). The lowest BCUT2D eigenvalue weighted by atomic mass is 10.2. The Morgan fingerprint density at radius 3 is 2.44 bits per heavy atom. The van der Waals surface area contributed by atoms with Crippen LogP contribution >= 0.6 is 11.6 Å². The van der Waals surface area contributed by atoms with Gasteiger partial charge < -0.3 is 0 Å². The highest BCUT2D eigenvalue weighted by molar-refractivity contribution is 7.92. The average Bonchev–Trinajstić information content (AvgIpc) is 3.03. The molecule has 142 valence electrons. The van der Waals surface area contributed by atoms with Crippen molar-refractivity contribution in [2.75, 3.05) is 29.5 Å². The van der Waals surface area contributed by atoms with E-state index in [0.29, 0.717) is 16.4 Å². The minimum atomic E-state index is -3.93. The van der Waals surface area contributed by atoms with Crippen LogP contribution in [0.5, 0.6) is 0 Å². The van der Waals surface area contributed by atoms with Crippen molar-refractivity contribution < 1.29 is 22.9 Å². The molecule has 0 aliphatic carbocycles. The van der Waals surface area contributed by atoms with Gasteiger partial charge in [-0.05, 0) is 42.0 Å². The zero-order chi connectivity index (χ0) is 19.6. The maximum absolute atomic E-state index is 13.0. The first kappa shape index (κ1) is 19.1. The highest BCUT2D eigenvalue weighted by atomic mass is 35.5. The molecule has 1 aliphatic heterocycles. The molecule has 0 bridgehead atoms. The molecule has 0 saturated heterocycles. The van der Waals surface area contributed by atoms with E-state index in [1.54, 1.807) is 24.3 Å². The van der Waals surface area contributed by atoms with Gasteiger partial charge in [-0.15, -0.1) is 0 Å². The number of fused-ring (bicyclic) bond motifs is 1. The predicted octanol–water partition coefficient (Wildman–Crippen LogP) is 1.68. The van der Waals surface area contributed by atoms with Gasteiger partial charge in [-0.25, -0.2) is 17.6 Å². The second-order valence-corrected chi connectivity index (χ2v) is 7.89. The van der Waals surface area contributed by atoms with E-state index >= 15 is 0 Å². The number of nitrogens with zero attached hydrogens (tertiary/aromatic N) is 3. The minimum Gasteiger partial charge on any atom is -0.285 e. The Morgan fingerprint density at radius 1 is 1.19 bits per heavy atom. The maximum atomic E-state index is 13.0. The molecule has 1 N–H and O–H groups in total. The molecular formula is C16H16ClN4O5S+. The summed E-state index contributed by atoms with van der Waals surface area (Å²) in [5, 5.41) is 0.411. The van der Waals surface area contributed by atoms with Gasteiger partial charge >= 0.3 is 12.5 Å². The van der Waals surface area contributed by atoms with Crippen molar-refractivity contribution in [3.05, 3.63) is 58.5 Å². The van der Waals surface area contributed by atoms with Gasteiger partial charge in [0.1, 0.15) is 6.67 Å². The highest BCUT2D eigenvalue weighted by Gasteiger charge is 2.39. The van der Waals surface area contributed by atoms with E-state index < -0.39 is 22.5 Å². The van der Waals surface area contributed by atoms with Gasteiger partial charge in [0.15, 0.2) is 4.87 Å². The van der Waals surface area contributed by atoms with Crippen molar-refractivity contribution in [2.45, 2.75) is 4.90 Å². The molecule has 9 nitrogen and oxygen atoms in total. The van der Waals surface area contributed by atoms with Crippen LogP contribution in [0.15, 0.2) is 53.4 Å². The van der Waals surface area contributed by atoms with E-state index in [2.05, 4.69) is 4.84 Å². The lowest BCUT2D eigenvalue weighted by Crippen LogP contribution is -2.43. The van der Waals surface area contributed by atoms with E-state index in [4.69, 9.17) is 11.6 Å². The molecule has 1 heterocycles. The number of anilines is 2. The molecule has 0 radical (unpaired) electrons. The first-order chi connectivity index (χ1) is 12.8. The van der Waals surface area contributed by atoms with E-state index in [1.165, 1.54) is 36.3 Å². The highest BCUT2D eigenvalue weighted by Crippen LogP contribution is 2.39. The summed E-state index contributed by atoms with van der Waals surface area (Å²) in [5.74, 6) is -0.587. The third-order valence-corrected chi connectivity index (χ3v) is 5.90. The summed E-state index contributed by atoms with van der Waals surface area (Å²) in [6.07, 6.45) is 0. The summed E-state index contributed by atoms with van der Waals surface area (Å²) in [4.78, 5) is 30.0. The number of carbonyl (C=O) groups is 1. The number of hydrogen-bond donors (Lipinski definition) is 1. The average molecular weight is 412 g/mol. The fraction of sp³-hybridized carbons (Fsp3) is 0.188. The molecule has 0 spiro atoms. The van der Waals surface area contributed by atoms with E-state index in [9.17, 15) is 18.1 Å². The van der Waals surface area contributed by atoms with Crippen molar-refractivity contribution in [3.8, 4) is 0 Å². The summed E-state index contributed by atoms with van der Waals surface area (Å²) in [7, 11) is -2.69. The van der Waals surface area contributed by atoms with Gasteiger partial charge in [0.2, 0.25) is 0 Å². The molecule has 0 fully saturated rings. The van der Waals surface area contributed by atoms with Crippen molar-refractivity contribution in [1.82, 2.24) is 5.59 Å². The number of nitroso groups, excluding NO2 is 1. The minimum absolute atomic E-state index is 0.0440. The SMILES string of the molecule is CON[N+](=O)CC(=O)N1CN(S(=O)(=O)c2ccc(Cl)cc2)c2ccccc21. The molecular weight excluding hydrogens is 396 g/mol. The molecule has 1 aliphatic rings. The standard InChI is InChI=1S/C16H16ClN4O5S/c1-26-18-21(23)10-16(22)19-11-20(15-5-3-2-4-14(15)19)27(24,25)13-8-6-12(17)7-9-13/h2-9H,10-11H2,1H3,(H,18,23)/q+1. The number of para-hydroxylation sites is 2. The number of amides is 1. The quantitative estimate of drug-likeness (QED) is 0.573. The van der Waals surface area contributed by atoms with Crippen LogP contribution in [-0.4, -0.2) is 39.5 Å². The molecule has 27 heavy (non-hydrogen) atoms. The Bertz CT molecular complexity index is 981. The summed E-state index contributed by atoms with van der Waals surface area (Å²) in [6, 6.07) is 12.3. The molecule has 0 aromatic heterocycles. The second-order valence-electron chi connectivity index (χ2n) is 5.59. The van der Waals surface area contributed by atoms with E-state index in [-0.39, 0.29) is 16.4 Å². The predicted molar refractivity (Wildman–Crippen MR) is 98.6 cm³/mol. The number of nitrogens with one attached hydrogen (secondary N) is 1. The molecule has 1 amide bonds. The first-order valence-corrected chi connectivity index (χ1v) is 9.57. The smallest absolute Gasteiger partial charge is 0.285 e. The number of carbonyl (C=O) groups excluding carboxylic acids is 1. The van der Waals surface area contributed by atoms with Gasteiger partial charge in [-0.3, -0.25) is 9.69 Å². The van der Waals surface area contributed by atoms with Gasteiger partial charge in [-0.2, -0.15) is 0 Å². The first-order valence-electron chi connectivity index (χ1n) is 7.75. The number of rotatable bonds is 6. The van der Waals surface area contributed by atoms with Crippen LogP contribution in [0.25, 0.3) is 0 Å². The second kappa shape index (κ2) is 7.51. The number of halogens is 1. The lowest BCUT2D eigenvalue weighted by molar-refractivity contribution is -0.648. The van der Waals surface area contributed by atoms with Crippen LogP contribution in [0, 0.1) is 4.91 Å². The van der Waals surface area contributed by atoms with Crippen LogP contribution in [0.1, 0.15) is 0 Å². The molecule has 0 saturated carbocycles. The molecule has 2 aromatic rings. The van der Waals surface area contributed by atoms with Crippen molar-refractivity contribution in [3.63, 3.8) is 0 Å².